The molecule has 4 aromatic rings. The third kappa shape index (κ3) is 1.84. The molecule has 0 bridgehead atoms. The topological polar surface area (TPSA) is 15.8 Å². The van der Waals surface area contributed by atoms with Crippen molar-refractivity contribution in [2.45, 2.75) is 13.3 Å². The lowest BCUT2D eigenvalue weighted by molar-refractivity contribution is 1.23. The molecule has 2 heteroatoms. The van der Waals surface area contributed by atoms with E-state index in [0.717, 1.165) is 6.42 Å². The molecule has 98 valence electrons. The van der Waals surface area contributed by atoms with Gasteiger partial charge in [0.05, 0.1) is 0 Å². The van der Waals surface area contributed by atoms with Gasteiger partial charge in [-0.25, -0.2) is 0 Å². The summed E-state index contributed by atoms with van der Waals surface area (Å²) in [6.45, 7) is 2.14. The van der Waals surface area contributed by atoms with Crippen LogP contribution in [0.25, 0.3) is 21.0 Å². The van der Waals surface area contributed by atoms with Crippen molar-refractivity contribution in [3.05, 3.63) is 70.7 Å². The van der Waals surface area contributed by atoms with Crippen LogP contribution in [0.4, 0.5) is 0 Å². The molecule has 0 unspecified atom stereocenters. The Morgan fingerprint density at radius 3 is 2.90 bits per heavy atom. The van der Waals surface area contributed by atoms with Gasteiger partial charge in [-0.05, 0) is 52.9 Å². The van der Waals surface area contributed by atoms with Crippen LogP contribution in [-0.2, 0) is 6.42 Å². The van der Waals surface area contributed by atoms with Gasteiger partial charge in [0.1, 0.15) is 0 Å². The number of nitrogens with one attached hydrogen (secondary N) is 1. The summed E-state index contributed by atoms with van der Waals surface area (Å²) in [6.07, 6.45) is 3.08. The van der Waals surface area contributed by atoms with E-state index in [4.69, 9.17) is 0 Å². The van der Waals surface area contributed by atoms with Crippen LogP contribution in [0.15, 0.2) is 54.0 Å². The summed E-state index contributed by atoms with van der Waals surface area (Å²) in [5, 5.41) is 5.00. The maximum atomic E-state index is 3.35. The van der Waals surface area contributed by atoms with Gasteiger partial charge in [-0.2, -0.15) is 0 Å². The lowest BCUT2D eigenvalue weighted by Gasteiger charge is -2.02. The summed E-state index contributed by atoms with van der Waals surface area (Å²) in [4.78, 5) is 3.35. The molecule has 2 aromatic carbocycles. The first kappa shape index (κ1) is 11.7. The molecule has 0 aliphatic rings. The smallest absolute Gasteiger partial charge is 0.0459 e. The molecule has 1 nitrogen and oxygen atoms in total. The predicted octanol–water partition coefficient (Wildman–Crippen LogP) is 5.28. The van der Waals surface area contributed by atoms with Crippen molar-refractivity contribution in [2.24, 2.45) is 0 Å². The monoisotopic (exact) mass is 277 g/mol. The fourth-order valence-corrected chi connectivity index (χ4v) is 3.78. The first-order chi connectivity index (χ1) is 9.81. The highest BCUT2D eigenvalue weighted by Crippen LogP contribution is 2.28. The van der Waals surface area contributed by atoms with E-state index in [1.54, 1.807) is 0 Å². The van der Waals surface area contributed by atoms with E-state index >= 15 is 0 Å². The summed E-state index contributed by atoms with van der Waals surface area (Å²) in [5.41, 5.74) is 5.34. The van der Waals surface area contributed by atoms with Crippen LogP contribution in [0.2, 0.25) is 0 Å². The number of rotatable bonds is 2. The molecule has 0 saturated heterocycles. The zero-order valence-corrected chi connectivity index (χ0v) is 12.1. The number of aryl methyl sites for hydroxylation is 1. The van der Waals surface area contributed by atoms with Gasteiger partial charge in [0.15, 0.2) is 0 Å². The first-order valence-electron chi connectivity index (χ1n) is 6.83. The largest absolute Gasteiger partial charge is 0.361 e. The summed E-state index contributed by atoms with van der Waals surface area (Å²) in [6, 6.07) is 15.4. The van der Waals surface area contributed by atoms with Crippen LogP contribution >= 0.6 is 11.3 Å². The van der Waals surface area contributed by atoms with Crippen LogP contribution in [0.3, 0.4) is 0 Å². The Morgan fingerprint density at radius 2 is 1.95 bits per heavy atom. The zero-order chi connectivity index (χ0) is 13.5. The van der Waals surface area contributed by atoms with Crippen LogP contribution in [0.5, 0.6) is 0 Å². The van der Waals surface area contributed by atoms with E-state index in [-0.39, 0.29) is 0 Å². The minimum absolute atomic E-state index is 0.998. The van der Waals surface area contributed by atoms with Gasteiger partial charge in [-0.3, -0.25) is 0 Å². The van der Waals surface area contributed by atoms with Crippen molar-refractivity contribution < 1.29 is 0 Å². The Bertz CT molecular complexity index is 898. The molecule has 0 fully saturated rings. The third-order valence-corrected chi connectivity index (χ3v) is 4.92. The van der Waals surface area contributed by atoms with Crippen molar-refractivity contribution in [1.82, 2.24) is 4.98 Å². The fraction of sp³-hybridized carbons (Fsp3) is 0.111. The minimum atomic E-state index is 0.998. The highest BCUT2D eigenvalue weighted by molar-refractivity contribution is 7.17. The standard InChI is InChI=1S/C18H15NS/c1-12-10-19-17-9-13(6-7-15(12)17)8-14-11-20-18-5-3-2-4-16(14)18/h2-7,9-11,19H,8H2,1H3. The second-order valence-corrected chi connectivity index (χ2v) is 6.20. The van der Waals surface area contributed by atoms with E-state index in [9.17, 15) is 0 Å². The molecule has 20 heavy (non-hydrogen) atoms. The molecule has 0 spiro atoms. The average Bonchev–Trinajstić information content (AvgIpc) is 3.04. The van der Waals surface area contributed by atoms with Crippen LogP contribution < -0.4 is 0 Å². The molecule has 0 aliphatic carbocycles. The highest BCUT2D eigenvalue weighted by Gasteiger charge is 2.06. The fourth-order valence-electron chi connectivity index (χ4n) is 2.82. The molecule has 0 atom stereocenters. The Hall–Kier alpha value is -2.06. The van der Waals surface area contributed by atoms with Crippen LogP contribution in [-0.4, -0.2) is 4.98 Å². The van der Waals surface area contributed by atoms with Gasteiger partial charge in [0, 0.05) is 21.8 Å². The zero-order valence-electron chi connectivity index (χ0n) is 11.3. The van der Waals surface area contributed by atoms with E-state index in [2.05, 4.69) is 65.9 Å². The van der Waals surface area contributed by atoms with Gasteiger partial charge in [-0.15, -0.1) is 11.3 Å². The van der Waals surface area contributed by atoms with Crippen LogP contribution in [0.1, 0.15) is 16.7 Å². The van der Waals surface area contributed by atoms with Gasteiger partial charge < -0.3 is 4.98 Å². The van der Waals surface area contributed by atoms with Gasteiger partial charge >= 0.3 is 0 Å². The second-order valence-electron chi connectivity index (χ2n) is 5.29. The van der Waals surface area contributed by atoms with Gasteiger partial charge in [0.25, 0.3) is 0 Å². The lowest BCUT2D eigenvalue weighted by Crippen LogP contribution is -1.86. The number of benzene rings is 2. The Morgan fingerprint density at radius 1 is 1.05 bits per heavy atom. The van der Waals surface area contributed by atoms with E-state index in [1.807, 2.05) is 11.3 Å². The van der Waals surface area contributed by atoms with Gasteiger partial charge in [0.2, 0.25) is 0 Å². The molecule has 2 aromatic heterocycles. The maximum absolute atomic E-state index is 3.35. The number of aromatic nitrogens is 1. The molecule has 4 rings (SSSR count). The number of H-pyrrole nitrogens is 1. The number of hydrogen-bond donors (Lipinski definition) is 1. The third-order valence-electron chi connectivity index (χ3n) is 3.91. The first-order valence-corrected chi connectivity index (χ1v) is 7.71. The molecular formula is C18H15NS. The SMILES string of the molecule is Cc1c[nH]c2cc(Cc3csc4ccccc34)ccc12. The number of fused-ring (bicyclic) bond motifs is 2. The summed E-state index contributed by atoms with van der Waals surface area (Å²) >= 11 is 1.83. The van der Waals surface area contributed by atoms with Crippen molar-refractivity contribution in [3.63, 3.8) is 0 Å². The van der Waals surface area contributed by atoms with E-state index < -0.39 is 0 Å². The Balaban J connectivity index is 1.76. The molecule has 0 radical (unpaired) electrons. The summed E-state index contributed by atoms with van der Waals surface area (Å²) in [5.74, 6) is 0. The second kappa shape index (κ2) is 4.50. The minimum Gasteiger partial charge on any atom is -0.361 e. The van der Waals surface area contributed by atoms with Crippen molar-refractivity contribution >= 4 is 32.3 Å². The summed E-state index contributed by atoms with van der Waals surface area (Å²) in [7, 11) is 0. The number of thiophene rings is 1. The predicted molar refractivity (Wildman–Crippen MR) is 87.7 cm³/mol. The van der Waals surface area contributed by atoms with Crippen molar-refractivity contribution in [2.75, 3.05) is 0 Å². The van der Waals surface area contributed by atoms with Crippen molar-refractivity contribution in [3.8, 4) is 0 Å². The molecule has 0 amide bonds. The lowest BCUT2D eigenvalue weighted by atomic mass is 10.0. The normalized spacial score (nSPS) is 11.4. The number of aromatic amines is 1. The van der Waals surface area contributed by atoms with E-state index in [1.165, 1.54) is 37.7 Å². The van der Waals surface area contributed by atoms with E-state index in [0.29, 0.717) is 0 Å². The average molecular weight is 277 g/mol. The van der Waals surface area contributed by atoms with Crippen LogP contribution in [0, 0.1) is 6.92 Å². The Labute approximate surface area is 121 Å². The molecular weight excluding hydrogens is 262 g/mol. The van der Waals surface area contributed by atoms with Crippen molar-refractivity contribution in [1.29, 1.82) is 0 Å². The highest BCUT2D eigenvalue weighted by atomic mass is 32.1. The molecule has 2 heterocycles. The molecule has 0 saturated carbocycles. The Kier molecular flexibility index (Phi) is 2.64. The molecule has 0 aliphatic heterocycles. The number of hydrogen-bond acceptors (Lipinski definition) is 1. The quantitative estimate of drug-likeness (QED) is 0.513. The van der Waals surface area contributed by atoms with Gasteiger partial charge in [-0.1, -0.05) is 30.3 Å². The molecule has 1 N–H and O–H groups in total. The maximum Gasteiger partial charge on any atom is 0.0459 e. The summed E-state index contributed by atoms with van der Waals surface area (Å²) < 4.78 is 1.37.